The molecule has 0 amide bonds. The fourth-order valence-electron chi connectivity index (χ4n) is 3.77. The molecular weight excluding hydrogens is 234 g/mol. The van der Waals surface area contributed by atoms with E-state index in [1.54, 1.807) is 0 Å². The third kappa shape index (κ3) is 1.96. The number of Topliss-reactive ketones (excluding diaryl/α,β-unsaturated/α-hetero) is 1. The molecule has 0 aromatic carbocycles. The zero-order valence-electron chi connectivity index (χ0n) is 12.4. The van der Waals surface area contributed by atoms with Gasteiger partial charge in [-0.1, -0.05) is 30.7 Å². The average molecular weight is 257 g/mol. The molecule has 0 radical (unpaired) electrons. The Kier molecular flexibility index (Phi) is 3.21. The Morgan fingerprint density at radius 1 is 1.47 bits per heavy atom. The van der Waals surface area contributed by atoms with Crippen molar-refractivity contribution in [3.05, 3.63) is 23.8 Å². The van der Waals surface area contributed by atoms with E-state index in [2.05, 4.69) is 25.6 Å². The molecule has 2 aliphatic carbocycles. The first-order valence-electron chi connectivity index (χ1n) is 7.04. The molecule has 102 valence electrons. The van der Waals surface area contributed by atoms with Gasteiger partial charge >= 0.3 is 0 Å². The number of ketones is 1. The van der Waals surface area contributed by atoms with Crippen LogP contribution in [0.15, 0.2) is 23.8 Å². The largest absolute Gasteiger partial charge is 0.299 e. The van der Waals surface area contributed by atoms with Crippen LogP contribution < -0.4 is 0 Å². The Bertz CT molecular complexity index is 506. The summed E-state index contributed by atoms with van der Waals surface area (Å²) in [6, 6.07) is 2.49. The van der Waals surface area contributed by atoms with E-state index in [4.69, 9.17) is 0 Å². The number of nitrogens with zero attached hydrogens (tertiary/aromatic N) is 1. The van der Waals surface area contributed by atoms with Gasteiger partial charge in [0.15, 0.2) is 0 Å². The van der Waals surface area contributed by atoms with Crippen LogP contribution in [0.5, 0.6) is 0 Å². The summed E-state index contributed by atoms with van der Waals surface area (Å²) in [7, 11) is 0. The molecule has 0 heterocycles. The monoisotopic (exact) mass is 257 g/mol. The van der Waals surface area contributed by atoms with Gasteiger partial charge in [-0.3, -0.25) is 4.79 Å². The van der Waals surface area contributed by atoms with E-state index >= 15 is 0 Å². The number of hydrogen-bond donors (Lipinski definition) is 0. The first kappa shape index (κ1) is 14.1. The van der Waals surface area contributed by atoms with Crippen molar-refractivity contribution in [1.82, 2.24) is 0 Å². The van der Waals surface area contributed by atoms with Gasteiger partial charge in [0, 0.05) is 17.3 Å². The van der Waals surface area contributed by atoms with Gasteiger partial charge < -0.3 is 0 Å². The third-order valence-electron chi connectivity index (χ3n) is 5.27. The molecule has 2 rings (SSSR count). The summed E-state index contributed by atoms with van der Waals surface area (Å²) in [5, 5.41) is 9.54. The fraction of sp³-hybridized carbons (Fsp3) is 0.647. The van der Waals surface area contributed by atoms with Crippen LogP contribution in [0.1, 0.15) is 47.0 Å². The van der Waals surface area contributed by atoms with E-state index in [-0.39, 0.29) is 17.3 Å². The number of rotatable bonds is 1. The lowest BCUT2D eigenvalue weighted by atomic mass is 9.51. The predicted molar refractivity (Wildman–Crippen MR) is 76.2 cm³/mol. The van der Waals surface area contributed by atoms with E-state index in [9.17, 15) is 10.1 Å². The van der Waals surface area contributed by atoms with Crippen molar-refractivity contribution in [2.24, 2.45) is 22.7 Å². The Hall–Kier alpha value is -1.36. The fourth-order valence-corrected chi connectivity index (χ4v) is 3.77. The summed E-state index contributed by atoms with van der Waals surface area (Å²) >= 11 is 0. The van der Waals surface area contributed by atoms with Gasteiger partial charge in [0.2, 0.25) is 0 Å². The van der Waals surface area contributed by atoms with Crippen molar-refractivity contribution in [3.63, 3.8) is 0 Å². The summed E-state index contributed by atoms with van der Waals surface area (Å²) in [6.07, 6.45) is 4.47. The molecule has 0 aromatic heterocycles. The van der Waals surface area contributed by atoms with Gasteiger partial charge in [0.1, 0.15) is 5.78 Å². The quantitative estimate of drug-likeness (QED) is 0.665. The molecule has 2 aliphatic rings. The maximum Gasteiger partial charge on any atom is 0.142 e. The summed E-state index contributed by atoms with van der Waals surface area (Å²) < 4.78 is 0. The highest BCUT2D eigenvalue weighted by Crippen LogP contribution is 2.57. The molecule has 0 aliphatic heterocycles. The summed E-state index contributed by atoms with van der Waals surface area (Å²) in [5.41, 5.74) is 1.68. The van der Waals surface area contributed by atoms with E-state index in [0.717, 1.165) is 18.4 Å². The van der Waals surface area contributed by atoms with Crippen LogP contribution in [0.4, 0.5) is 0 Å². The maximum absolute atomic E-state index is 12.2. The van der Waals surface area contributed by atoms with Crippen molar-refractivity contribution in [3.8, 4) is 6.07 Å². The van der Waals surface area contributed by atoms with E-state index in [1.807, 2.05) is 20.8 Å². The smallest absolute Gasteiger partial charge is 0.142 e. The Morgan fingerprint density at radius 2 is 2.11 bits per heavy atom. The summed E-state index contributed by atoms with van der Waals surface area (Å²) in [4.78, 5) is 12.2. The Labute approximate surface area is 116 Å². The highest BCUT2D eigenvalue weighted by molar-refractivity contribution is 5.89. The molecule has 3 atom stereocenters. The van der Waals surface area contributed by atoms with E-state index in [0.29, 0.717) is 12.2 Å². The van der Waals surface area contributed by atoms with Crippen molar-refractivity contribution in [2.75, 3.05) is 0 Å². The van der Waals surface area contributed by atoms with Gasteiger partial charge in [-0.15, -0.1) is 0 Å². The molecule has 0 spiro atoms. The molecule has 1 saturated carbocycles. The number of nitriles is 1. The Morgan fingerprint density at radius 3 is 2.63 bits per heavy atom. The molecule has 0 N–H and O–H groups in total. The van der Waals surface area contributed by atoms with Crippen molar-refractivity contribution in [2.45, 2.75) is 47.0 Å². The normalized spacial score (nSPS) is 37.0. The van der Waals surface area contributed by atoms with Crippen molar-refractivity contribution < 1.29 is 4.79 Å². The van der Waals surface area contributed by atoms with Crippen LogP contribution in [-0.4, -0.2) is 5.78 Å². The number of fused-ring (bicyclic) bond motifs is 1. The average Bonchev–Trinajstić information content (AvgIpc) is 2.34. The number of allylic oxidation sites excluding steroid dienone is 3. The second-order valence-electron chi connectivity index (χ2n) is 6.92. The first-order chi connectivity index (χ1) is 8.73. The lowest BCUT2D eigenvalue weighted by molar-refractivity contribution is -0.129. The van der Waals surface area contributed by atoms with Crippen molar-refractivity contribution >= 4 is 5.78 Å². The lowest BCUT2D eigenvalue weighted by Crippen LogP contribution is -2.47. The minimum Gasteiger partial charge on any atom is -0.299 e. The highest BCUT2D eigenvalue weighted by atomic mass is 16.1. The third-order valence-corrected chi connectivity index (χ3v) is 5.27. The molecule has 0 saturated heterocycles. The van der Waals surface area contributed by atoms with Gasteiger partial charge in [0.05, 0.1) is 12.0 Å². The van der Waals surface area contributed by atoms with Crippen LogP contribution >= 0.6 is 0 Å². The van der Waals surface area contributed by atoms with Gasteiger partial charge in [-0.25, -0.2) is 0 Å². The van der Waals surface area contributed by atoms with Crippen LogP contribution in [-0.2, 0) is 4.79 Å². The van der Waals surface area contributed by atoms with Crippen LogP contribution in [0.2, 0.25) is 0 Å². The van der Waals surface area contributed by atoms with E-state index < -0.39 is 5.41 Å². The zero-order valence-corrected chi connectivity index (χ0v) is 12.4. The molecule has 0 aromatic rings. The van der Waals surface area contributed by atoms with Crippen LogP contribution in [0.3, 0.4) is 0 Å². The van der Waals surface area contributed by atoms with E-state index in [1.165, 1.54) is 5.57 Å². The zero-order chi connectivity index (χ0) is 14.4. The molecule has 2 heteroatoms. The lowest BCUT2D eigenvalue weighted by Gasteiger charge is -2.50. The van der Waals surface area contributed by atoms with Crippen LogP contribution in [0, 0.1) is 34.0 Å². The minimum absolute atomic E-state index is 0.0124. The molecule has 0 unspecified atom stereocenters. The standard InChI is InChI=1S/C17H23NO/c1-11(2)12-8-13(10-18)17(5)7-6-15(19)16(3,4)14(17)9-12/h9,12-13H,1,6-8H2,2-5H3/t12-,13+,17+/m0/s1. The number of carbonyl (C=O) groups is 1. The number of carbonyl (C=O) groups excluding carboxylic acids is 1. The maximum atomic E-state index is 12.2. The van der Waals surface area contributed by atoms with Crippen LogP contribution in [0.25, 0.3) is 0 Å². The minimum atomic E-state index is -0.434. The molecule has 2 nitrogen and oxygen atoms in total. The van der Waals surface area contributed by atoms with Gasteiger partial charge in [-0.2, -0.15) is 5.26 Å². The molecule has 19 heavy (non-hydrogen) atoms. The second kappa shape index (κ2) is 4.34. The number of hydrogen-bond acceptors (Lipinski definition) is 2. The molecular formula is C17H23NO. The second-order valence-corrected chi connectivity index (χ2v) is 6.92. The summed E-state index contributed by atoms with van der Waals surface area (Å²) in [5.74, 6) is 0.523. The topological polar surface area (TPSA) is 40.9 Å². The summed E-state index contributed by atoms with van der Waals surface area (Å²) in [6.45, 7) is 12.2. The molecule has 0 bridgehead atoms. The SMILES string of the molecule is C=C(C)[C@@H]1C=C2C(C)(C)C(=O)CC[C@]2(C)[C@@H](C#N)C1. The van der Waals surface area contributed by atoms with Gasteiger partial charge in [-0.05, 0) is 39.5 Å². The predicted octanol–water partition coefficient (Wildman–Crippen LogP) is 4.04. The Balaban J connectivity index is 2.58. The van der Waals surface area contributed by atoms with Gasteiger partial charge in [0.25, 0.3) is 0 Å². The molecule has 1 fully saturated rings. The highest BCUT2D eigenvalue weighted by Gasteiger charge is 2.52. The van der Waals surface area contributed by atoms with Crippen molar-refractivity contribution in [1.29, 1.82) is 5.26 Å². The first-order valence-corrected chi connectivity index (χ1v) is 7.04.